The molecule has 0 aromatic heterocycles. The molecule has 0 aliphatic rings. The summed E-state index contributed by atoms with van der Waals surface area (Å²) in [4.78, 5) is 10.6. The number of alkyl halides is 1. The van der Waals surface area contributed by atoms with Crippen molar-refractivity contribution in [3.63, 3.8) is 0 Å². The molecule has 70 valence electrons. The molecule has 0 heterocycles. The summed E-state index contributed by atoms with van der Waals surface area (Å²) in [5.74, 6) is 0.979. The molecule has 2 nitrogen and oxygen atoms in total. The Morgan fingerprint density at radius 3 is 2.92 bits per heavy atom. The molecular formula is C9H8BrClO2. The summed E-state index contributed by atoms with van der Waals surface area (Å²) in [6, 6.07) is 5.26. The second kappa shape index (κ2) is 5.25. The molecule has 0 unspecified atom stereocenters. The first-order chi connectivity index (χ1) is 6.27. The highest BCUT2D eigenvalue weighted by molar-refractivity contribution is 9.10. The molecular weight excluding hydrogens is 255 g/mol. The largest absolute Gasteiger partial charge is 0.492 e. The van der Waals surface area contributed by atoms with E-state index in [2.05, 4.69) is 15.9 Å². The summed E-state index contributed by atoms with van der Waals surface area (Å²) >= 11 is 8.72. The van der Waals surface area contributed by atoms with Gasteiger partial charge < -0.3 is 4.74 Å². The number of hydrogen-bond acceptors (Lipinski definition) is 2. The lowest BCUT2D eigenvalue weighted by atomic mass is 10.2. The van der Waals surface area contributed by atoms with Crippen molar-refractivity contribution in [3.8, 4) is 5.75 Å². The fraction of sp³-hybridized carbons (Fsp3) is 0.222. The molecule has 0 aliphatic carbocycles. The zero-order valence-corrected chi connectivity index (χ0v) is 9.14. The Bertz CT molecular complexity index is 302. The smallest absolute Gasteiger partial charge is 0.153 e. The molecule has 1 aromatic carbocycles. The van der Waals surface area contributed by atoms with Crippen LogP contribution in [0.2, 0.25) is 0 Å². The number of benzene rings is 1. The summed E-state index contributed by atoms with van der Waals surface area (Å²) < 4.78 is 6.10. The van der Waals surface area contributed by atoms with Crippen molar-refractivity contribution < 1.29 is 9.53 Å². The van der Waals surface area contributed by atoms with Crippen LogP contribution >= 0.6 is 27.5 Å². The minimum Gasteiger partial charge on any atom is -0.492 e. The maximum absolute atomic E-state index is 10.6. The van der Waals surface area contributed by atoms with Crippen molar-refractivity contribution in [2.24, 2.45) is 0 Å². The Morgan fingerprint density at radius 2 is 2.31 bits per heavy atom. The number of carbonyl (C=O) groups excluding carboxylic acids is 1. The molecule has 0 radical (unpaired) electrons. The molecule has 0 atom stereocenters. The summed E-state index contributed by atoms with van der Waals surface area (Å²) in [6.45, 7) is 0.407. The van der Waals surface area contributed by atoms with E-state index in [4.69, 9.17) is 16.3 Å². The van der Waals surface area contributed by atoms with Gasteiger partial charge in [-0.25, -0.2) is 0 Å². The van der Waals surface area contributed by atoms with Crippen LogP contribution in [0.15, 0.2) is 22.7 Å². The lowest BCUT2D eigenvalue weighted by Crippen LogP contribution is -2.00. The maximum Gasteiger partial charge on any atom is 0.153 e. The van der Waals surface area contributed by atoms with Crippen molar-refractivity contribution in [2.75, 3.05) is 12.5 Å². The Hall–Kier alpha value is -0.540. The highest BCUT2D eigenvalue weighted by Crippen LogP contribution is 2.21. The second-order valence-electron chi connectivity index (χ2n) is 2.34. The molecule has 0 bridgehead atoms. The quantitative estimate of drug-likeness (QED) is 0.617. The fourth-order valence-electron chi connectivity index (χ4n) is 0.891. The number of aldehydes is 1. The predicted molar refractivity (Wildman–Crippen MR) is 55.7 cm³/mol. The van der Waals surface area contributed by atoms with Crippen LogP contribution in [0.25, 0.3) is 0 Å². The van der Waals surface area contributed by atoms with Gasteiger partial charge in [0.1, 0.15) is 12.4 Å². The number of ether oxygens (including phenoxy) is 1. The summed E-state index contributed by atoms with van der Waals surface area (Å²) in [6.07, 6.45) is 0.758. The minimum atomic E-state index is 0.407. The van der Waals surface area contributed by atoms with Crippen LogP contribution in [0.3, 0.4) is 0 Å². The van der Waals surface area contributed by atoms with E-state index in [1.165, 1.54) is 0 Å². The third kappa shape index (κ3) is 3.01. The Balaban J connectivity index is 2.86. The van der Waals surface area contributed by atoms with Crippen molar-refractivity contribution in [2.45, 2.75) is 0 Å². The van der Waals surface area contributed by atoms with E-state index in [0.29, 0.717) is 23.8 Å². The summed E-state index contributed by atoms with van der Waals surface area (Å²) in [5.41, 5.74) is 0.527. The predicted octanol–water partition coefficient (Wildman–Crippen LogP) is 2.88. The van der Waals surface area contributed by atoms with Gasteiger partial charge in [-0.1, -0.05) is 15.9 Å². The lowest BCUT2D eigenvalue weighted by molar-refractivity contribution is 0.112. The molecule has 0 amide bonds. The van der Waals surface area contributed by atoms with Gasteiger partial charge in [-0.05, 0) is 18.2 Å². The number of rotatable bonds is 4. The molecule has 0 spiro atoms. The Labute approximate surface area is 90.0 Å². The van der Waals surface area contributed by atoms with Gasteiger partial charge in [-0.15, -0.1) is 11.6 Å². The van der Waals surface area contributed by atoms with Crippen molar-refractivity contribution in [1.82, 2.24) is 0 Å². The molecule has 0 saturated heterocycles. The van der Waals surface area contributed by atoms with Gasteiger partial charge >= 0.3 is 0 Å². The van der Waals surface area contributed by atoms with Crippen LogP contribution in [0.1, 0.15) is 10.4 Å². The first-order valence-corrected chi connectivity index (χ1v) is 5.04. The van der Waals surface area contributed by atoms with E-state index in [1.807, 2.05) is 6.07 Å². The first kappa shape index (κ1) is 10.5. The number of halogens is 2. The van der Waals surface area contributed by atoms with Crippen LogP contribution in [0.4, 0.5) is 0 Å². The van der Waals surface area contributed by atoms with Gasteiger partial charge in [-0.3, -0.25) is 4.79 Å². The molecule has 1 rings (SSSR count). The minimum absolute atomic E-state index is 0.407. The van der Waals surface area contributed by atoms with Crippen LogP contribution in [0.5, 0.6) is 5.75 Å². The fourth-order valence-corrected chi connectivity index (χ4v) is 1.35. The van der Waals surface area contributed by atoms with Gasteiger partial charge in [0.2, 0.25) is 0 Å². The molecule has 0 N–H and O–H groups in total. The van der Waals surface area contributed by atoms with Crippen LogP contribution in [0, 0.1) is 0 Å². The normalized spacial score (nSPS) is 9.69. The zero-order chi connectivity index (χ0) is 9.68. The lowest BCUT2D eigenvalue weighted by Gasteiger charge is -2.06. The van der Waals surface area contributed by atoms with E-state index >= 15 is 0 Å². The molecule has 13 heavy (non-hydrogen) atoms. The summed E-state index contributed by atoms with van der Waals surface area (Å²) in [7, 11) is 0. The van der Waals surface area contributed by atoms with Gasteiger partial charge in [0.05, 0.1) is 11.4 Å². The molecule has 4 heteroatoms. The standard InChI is InChI=1S/C9H8BrClO2/c10-8-1-2-9(13-4-3-11)7(5-8)6-12/h1-2,5-6H,3-4H2. The van der Waals surface area contributed by atoms with Crippen LogP contribution in [-0.2, 0) is 0 Å². The van der Waals surface area contributed by atoms with Crippen molar-refractivity contribution in [1.29, 1.82) is 0 Å². The third-order valence-corrected chi connectivity index (χ3v) is 2.08. The molecule has 0 aliphatic heterocycles. The van der Waals surface area contributed by atoms with E-state index in [1.54, 1.807) is 12.1 Å². The van der Waals surface area contributed by atoms with E-state index < -0.39 is 0 Å². The molecule has 0 saturated carbocycles. The summed E-state index contributed by atoms with van der Waals surface area (Å²) in [5, 5.41) is 0. The van der Waals surface area contributed by atoms with Crippen LogP contribution < -0.4 is 4.74 Å². The Kier molecular flexibility index (Phi) is 4.25. The SMILES string of the molecule is O=Cc1cc(Br)ccc1OCCCl. The number of hydrogen-bond donors (Lipinski definition) is 0. The van der Waals surface area contributed by atoms with Gasteiger partial charge in [0.15, 0.2) is 6.29 Å². The van der Waals surface area contributed by atoms with Gasteiger partial charge in [0, 0.05) is 4.47 Å². The highest BCUT2D eigenvalue weighted by atomic mass is 79.9. The average Bonchev–Trinajstić information content (AvgIpc) is 2.16. The van der Waals surface area contributed by atoms with E-state index in [-0.39, 0.29) is 0 Å². The Morgan fingerprint density at radius 1 is 1.54 bits per heavy atom. The van der Waals surface area contributed by atoms with E-state index in [9.17, 15) is 4.79 Å². The highest BCUT2D eigenvalue weighted by Gasteiger charge is 2.02. The first-order valence-electron chi connectivity index (χ1n) is 3.71. The van der Waals surface area contributed by atoms with Crippen molar-refractivity contribution >= 4 is 33.8 Å². The zero-order valence-electron chi connectivity index (χ0n) is 6.80. The third-order valence-electron chi connectivity index (χ3n) is 1.43. The second-order valence-corrected chi connectivity index (χ2v) is 3.63. The topological polar surface area (TPSA) is 26.3 Å². The van der Waals surface area contributed by atoms with Crippen molar-refractivity contribution in [3.05, 3.63) is 28.2 Å². The maximum atomic E-state index is 10.6. The van der Waals surface area contributed by atoms with Gasteiger partial charge in [-0.2, -0.15) is 0 Å². The van der Waals surface area contributed by atoms with E-state index in [0.717, 1.165) is 10.8 Å². The monoisotopic (exact) mass is 262 g/mol. The van der Waals surface area contributed by atoms with Gasteiger partial charge in [0.25, 0.3) is 0 Å². The van der Waals surface area contributed by atoms with Crippen LogP contribution in [-0.4, -0.2) is 18.8 Å². The average molecular weight is 264 g/mol. The molecule has 1 aromatic rings. The number of carbonyl (C=O) groups is 1. The molecule has 0 fully saturated rings.